The van der Waals surface area contributed by atoms with Crippen molar-refractivity contribution < 1.29 is 9.53 Å². The quantitative estimate of drug-likeness (QED) is 0.268. The molecule has 0 aromatic heterocycles. The molecule has 0 unspecified atom stereocenters. The van der Waals surface area contributed by atoms with Gasteiger partial charge in [-0.15, -0.1) is 24.0 Å². The molecular formula is C20H35IN4O2. The minimum Gasteiger partial charge on any atom is -0.493 e. The number of carbonyl (C=O) groups excluding carboxylic acids is 1. The van der Waals surface area contributed by atoms with Crippen LogP contribution in [0.15, 0.2) is 23.2 Å². The second kappa shape index (κ2) is 14.5. The number of rotatable bonds is 10. The number of amides is 1. The fourth-order valence-electron chi connectivity index (χ4n) is 2.26. The van der Waals surface area contributed by atoms with E-state index in [9.17, 15) is 4.79 Å². The fourth-order valence-corrected chi connectivity index (χ4v) is 2.26. The predicted octanol–water partition coefficient (Wildman–Crippen LogP) is 3.23. The Morgan fingerprint density at radius 2 is 1.85 bits per heavy atom. The topological polar surface area (TPSA) is 74.8 Å². The maximum atomic E-state index is 11.6. The third-order valence-corrected chi connectivity index (χ3v) is 3.72. The highest BCUT2D eigenvalue weighted by molar-refractivity contribution is 14.0. The van der Waals surface area contributed by atoms with Gasteiger partial charge in [-0.3, -0.25) is 4.79 Å². The number of hydrogen-bond acceptors (Lipinski definition) is 3. The van der Waals surface area contributed by atoms with Crippen molar-refractivity contribution in [1.82, 2.24) is 16.0 Å². The van der Waals surface area contributed by atoms with Crippen LogP contribution in [0, 0.1) is 12.8 Å². The van der Waals surface area contributed by atoms with Crippen LogP contribution in [0.4, 0.5) is 0 Å². The van der Waals surface area contributed by atoms with Gasteiger partial charge in [-0.05, 0) is 44.7 Å². The summed E-state index contributed by atoms with van der Waals surface area (Å²) in [5.74, 6) is 2.06. The SMILES string of the molecule is CCNC(=O)CNC(=NCc1ccc(C)cc1OCCC(C)C)NCC.I. The number of benzene rings is 1. The maximum absolute atomic E-state index is 11.6. The zero-order chi connectivity index (χ0) is 19.4. The lowest BCUT2D eigenvalue weighted by atomic mass is 10.1. The minimum absolute atomic E-state index is 0. The van der Waals surface area contributed by atoms with Crippen LogP contribution >= 0.6 is 24.0 Å². The number of halogens is 1. The van der Waals surface area contributed by atoms with E-state index in [1.165, 1.54) is 5.56 Å². The molecule has 0 saturated carbocycles. The van der Waals surface area contributed by atoms with Gasteiger partial charge < -0.3 is 20.7 Å². The summed E-state index contributed by atoms with van der Waals surface area (Å²) in [6.07, 6.45) is 1.02. The van der Waals surface area contributed by atoms with Crippen molar-refractivity contribution in [3.63, 3.8) is 0 Å². The standard InChI is InChI=1S/C20H34N4O2.HI/c1-6-21-19(25)14-24-20(22-7-2)23-13-17-9-8-16(5)12-18(17)26-11-10-15(3)4;/h8-9,12,15H,6-7,10-11,13-14H2,1-5H3,(H,21,25)(H2,22,23,24);1H. The molecule has 27 heavy (non-hydrogen) atoms. The number of carbonyl (C=O) groups is 1. The lowest BCUT2D eigenvalue weighted by molar-refractivity contribution is -0.119. The molecule has 1 rings (SSSR count). The Bertz CT molecular complexity index is 591. The summed E-state index contributed by atoms with van der Waals surface area (Å²) in [7, 11) is 0. The first-order valence-electron chi connectivity index (χ1n) is 9.47. The Kier molecular flexibility index (Phi) is 13.7. The second-order valence-electron chi connectivity index (χ2n) is 6.64. The van der Waals surface area contributed by atoms with Gasteiger partial charge in [0.15, 0.2) is 5.96 Å². The van der Waals surface area contributed by atoms with E-state index in [4.69, 9.17) is 4.74 Å². The van der Waals surface area contributed by atoms with Crippen LogP contribution in [0.5, 0.6) is 5.75 Å². The summed E-state index contributed by atoms with van der Waals surface area (Å²) in [6, 6.07) is 6.17. The predicted molar refractivity (Wildman–Crippen MR) is 123 cm³/mol. The van der Waals surface area contributed by atoms with E-state index in [1.807, 2.05) is 13.8 Å². The van der Waals surface area contributed by atoms with E-state index in [1.54, 1.807) is 0 Å². The Hall–Kier alpha value is -1.51. The average molecular weight is 490 g/mol. The highest BCUT2D eigenvalue weighted by Crippen LogP contribution is 2.22. The van der Waals surface area contributed by atoms with Gasteiger partial charge >= 0.3 is 0 Å². The van der Waals surface area contributed by atoms with Crippen molar-refractivity contribution in [2.75, 3.05) is 26.2 Å². The van der Waals surface area contributed by atoms with Crippen molar-refractivity contribution in [3.05, 3.63) is 29.3 Å². The highest BCUT2D eigenvalue weighted by Gasteiger charge is 2.07. The van der Waals surface area contributed by atoms with Crippen LogP contribution in [0.1, 0.15) is 45.2 Å². The summed E-state index contributed by atoms with van der Waals surface area (Å²) >= 11 is 0. The third kappa shape index (κ3) is 11.0. The Morgan fingerprint density at radius 3 is 2.48 bits per heavy atom. The molecule has 0 radical (unpaired) electrons. The first-order chi connectivity index (χ1) is 12.5. The lowest BCUT2D eigenvalue weighted by Crippen LogP contribution is -2.43. The number of hydrogen-bond donors (Lipinski definition) is 3. The molecule has 0 bridgehead atoms. The summed E-state index contributed by atoms with van der Waals surface area (Å²) in [5.41, 5.74) is 2.20. The molecule has 0 aliphatic heterocycles. The van der Waals surface area contributed by atoms with Crippen LogP contribution in [0.25, 0.3) is 0 Å². The number of aliphatic imine (C=N–C) groups is 1. The molecule has 7 heteroatoms. The van der Waals surface area contributed by atoms with Crippen molar-refractivity contribution in [3.8, 4) is 5.75 Å². The monoisotopic (exact) mass is 490 g/mol. The lowest BCUT2D eigenvalue weighted by Gasteiger charge is -2.14. The van der Waals surface area contributed by atoms with Crippen molar-refractivity contribution in [2.24, 2.45) is 10.9 Å². The van der Waals surface area contributed by atoms with E-state index >= 15 is 0 Å². The van der Waals surface area contributed by atoms with Crippen molar-refractivity contribution >= 4 is 35.8 Å². The molecule has 0 aliphatic rings. The van der Waals surface area contributed by atoms with E-state index in [0.717, 1.165) is 24.3 Å². The van der Waals surface area contributed by atoms with Gasteiger partial charge in [0.25, 0.3) is 0 Å². The number of aryl methyl sites for hydroxylation is 1. The molecule has 0 saturated heterocycles. The number of ether oxygens (including phenoxy) is 1. The van der Waals surface area contributed by atoms with Crippen LogP contribution < -0.4 is 20.7 Å². The summed E-state index contributed by atoms with van der Waals surface area (Å²) in [4.78, 5) is 16.2. The summed E-state index contributed by atoms with van der Waals surface area (Å²) in [5, 5.41) is 8.97. The largest absolute Gasteiger partial charge is 0.493 e. The van der Waals surface area contributed by atoms with Gasteiger partial charge in [-0.25, -0.2) is 4.99 Å². The molecular weight excluding hydrogens is 455 g/mol. The normalized spacial score (nSPS) is 11.0. The maximum Gasteiger partial charge on any atom is 0.239 e. The number of nitrogens with zero attached hydrogens (tertiary/aromatic N) is 1. The number of guanidine groups is 1. The molecule has 0 atom stereocenters. The van der Waals surface area contributed by atoms with Gasteiger partial charge in [-0.2, -0.15) is 0 Å². The van der Waals surface area contributed by atoms with Crippen molar-refractivity contribution in [1.29, 1.82) is 0 Å². The second-order valence-corrected chi connectivity index (χ2v) is 6.64. The van der Waals surface area contributed by atoms with Crippen LogP contribution in [0.2, 0.25) is 0 Å². The van der Waals surface area contributed by atoms with Crippen LogP contribution in [-0.4, -0.2) is 38.1 Å². The van der Waals surface area contributed by atoms with Crippen molar-refractivity contribution in [2.45, 2.75) is 47.6 Å². The van der Waals surface area contributed by atoms with E-state index in [-0.39, 0.29) is 36.4 Å². The molecule has 0 spiro atoms. The van der Waals surface area contributed by atoms with E-state index in [2.05, 4.69) is 59.9 Å². The molecule has 0 heterocycles. The Balaban J connectivity index is 0.00000676. The number of nitrogens with one attached hydrogen (secondary N) is 3. The molecule has 3 N–H and O–H groups in total. The van der Waals surface area contributed by atoms with Crippen LogP contribution in [-0.2, 0) is 11.3 Å². The molecule has 1 amide bonds. The van der Waals surface area contributed by atoms with Crippen LogP contribution in [0.3, 0.4) is 0 Å². The first kappa shape index (κ1) is 25.5. The Morgan fingerprint density at radius 1 is 1.15 bits per heavy atom. The fraction of sp³-hybridized carbons (Fsp3) is 0.600. The average Bonchev–Trinajstić information content (AvgIpc) is 2.58. The highest BCUT2D eigenvalue weighted by atomic mass is 127. The summed E-state index contributed by atoms with van der Waals surface area (Å²) in [6.45, 7) is 13.1. The van der Waals surface area contributed by atoms with Gasteiger partial charge in [-0.1, -0.05) is 26.0 Å². The molecule has 154 valence electrons. The first-order valence-corrected chi connectivity index (χ1v) is 9.47. The van der Waals surface area contributed by atoms with Gasteiger partial charge in [0, 0.05) is 18.7 Å². The van der Waals surface area contributed by atoms with E-state index < -0.39 is 0 Å². The Labute approximate surface area is 181 Å². The zero-order valence-corrected chi connectivity index (χ0v) is 19.6. The third-order valence-electron chi connectivity index (χ3n) is 3.72. The number of likely N-dealkylation sites (N-methyl/N-ethyl adjacent to an activating group) is 1. The molecule has 0 fully saturated rings. The zero-order valence-electron chi connectivity index (χ0n) is 17.2. The van der Waals surface area contributed by atoms with Gasteiger partial charge in [0.05, 0.1) is 19.7 Å². The molecule has 0 aliphatic carbocycles. The van der Waals surface area contributed by atoms with Gasteiger partial charge in [0.2, 0.25) is 5.91 Å². The smallest absolute Gasteiger partial charge is 0.239 e. The molecule has 1 aromatic rings. The van der Waals surface area contributed by atoms with Gasteiger partial charge in [0.1, 0.15) is 5.75 Å². The van der Waals surface area contributed by atoms with E-state index in [0.29, 0.717) is 31.6 Å². The molecule has 1 aromatic carbocycles. The summed E-state index contributed by atoms with van der Waals surface area (Å²) < 4.78 is 5.98. The molecule has 6 nitrogen and oxygen atoms in total. The minimum atomic E-state index is -0.0499.